The largest absolute Gasteiger partial charge is 0.481 e. The molecule has 0 saturated heterocycles. The Kier molecular flexibility index (Phi) is 3.61. The number of ether oxygens (including phenoxy) is 1. The molecule has 0 bridgehead atoms. The van der Waals surface area contributed by atoms with Crippen LogP contribution in [0, 0.1) is 11.6 Å². The minimum atomic E-state index is -4.71. The molecule has 2 rings (SSSR count). The predicted molar refractivity (Wildman–Crippen MR) is 61.1 cm³/mol. The third-order valence-corrected chi connectivity index (χ3v) is 2.61. The molecule has 0 atom stereocenters. The monoisotopic (exact) mass is 289 g/mol. The van der Waals surface area contributed by atoms with E-state index >= 15 is 0 Å². The highest BCUT2D eigenvalue weighted by molar-refractivity contribution is 5.65. The fourth-order valence-corrected chi connectivity index (χ4v) is 1.69. The number of nitrogens with zero attached hydrogens (tertiary/aromatic N) is 1. The highest BCUT2D eigenvalue weighted by atomic mass is 19.4. The minimum Gasteiger partial charge on any atom is -0.481 e. The van der Waals surface area contributed by atoms with Gasteiger partial charge >= 0.3 is 6.18 Å². The number of halogens is 5. The van der Waals surface area contributed by atoms with Crippen LogP contribution in [0.3, 0.4) is 0 Å². The molecule has 1 aromatic heterocycles. The summed E-state index contributed by atoms with van der Waals surface area (Å²) in [4.78, 5) is 3.48. The number of hydrogen-bond acceptors (Lipinski definition) is 2. The molecular formula is C13H8F5NO. The van der Waals surface area contributed by atoms with Crippen molar-refractivity contribution in [2.75, 3.05) is 7.11 Å². The van der Waals surface area contributed by atoms with Crippen LogP contribution in [0.15, 0.2) is 30.5 Å². The summed E-state index contributed by atoms with van der Waals surface area (Å²) in [5, 5.41) is 0. The molecule has 0 N–H and O–H groups in total. The van der Waals surface area contributed by atoms with Crippen molar-refractivity contribution in [1.82, 2.24) is 4.98 Å². The number of aromatic nitrogens is 1. The fraction of sp³-hybridized carbons (Fsp3) is 0.154. The summed E-state index contributed by atoms with van der Waals surface area (Å²) in [6.45, 7) is 0. The second-order valence-electron chi connectivity index (χ2n) is 3.88. The van der Waals surface area contributed by atoms with Crippen LogP contribution in [-0.4, -0.2) is 12.1 Å². The molecule has 0 aliphatic carbocycles. The first kappa shape index (κ1) is 14.2. The van der Waals surface area contributed by atoms with E-state index in [-0.39, 0.29) is 11.1 Å². The van der Waals surface area contributed by atoms with Crippen LogP contribution in [0.25, 0.3) is 11.1 Å². The molecule has 0 unspecified atom stereocenters. The highest BCUT2D eigenvalue weighted by Crippen LogP contribution is 2.37. The maximum absolute atomic E-state index is 13.6. The molecule has 0 aliphatic rings. The van der Waals surface area contributed by atoms with E-state index in [0.29, 0.717) is 6.07 Å². The van der Waals surface area contributed by atoms with Crippen LogP contribution in [-0.2, 0) is 6.18 Å². The zero-order valence-electron chi connectivity index (χ0n) is 10.1. The Bertz CT molecular complexity index is 639. The van der Waals surface area contributed by atoms with E-state index in [1.165, 1.54) is 12.1 Å². The lowest BCUT2D eigenvalue weighted by Gasteiger charge is -2.12. The van der Waals surface area contributed by atoms with Crippen LogP contribution in [0.1, 0.15) is 5.56 Å². The molecule has 1 heterocycles. The second kappa shape index (κ2) is 5.07. The van der Waals surface area contributed by atoms with Crippen LogP contribution >= 0.6 is 0 Å². The third kappa shape index (κ3) is 2.56. The summed E-state index contributed by atoms with van der Waals surface area (Å²) >= 11 is 0. The highest BCUT2D eigenvalue weighted by Gasteiger charge is 2.35. The average molecular weight is 289 g/mol. The molecule has 0 radical (unpaired) electrons. The van der Waals surface area contributed by atoms with E-state index in [1.54, 1.807) is 0 Å². The Labute approximate surface area is 110 Å². The van der Waals surface area contributed by atoms with Gasteiger partial charge in [-0.25, -0.2) is 13.8 Å². The zero-order valence-corrected chi connectivity index (χ0v) is 10.1. The SMILES string of the molecule is COc1ncc(-c2cccc(F)c2F)cc1C(F)(F)F. The van der Waals surface area contributed by atoms with Gasteiger partial charge in [0.25, 0.3) is 0 Å². The van der Waals surface area contributed by atoms with Crippen molar-refractivity contribution < 1.29 is 26.7 Å². The molecule has 0 fully saturated rings. The topological polar surface area (TPSA) is 22.1 Å². The van der Waals surface area contributed by atoms with Gasteiger partial charge in [-0.2, -0.15) is 13.2 Å². The molecule has 0 aliphatic heterocycles. The van der Waals surface area contributed by atoms with Gasteiger partial charge in [-0.15, -0.1) is 0 Å². The minimum absolute atomic E-state index is 0.185. The number of rotatable bonds is 2. The van der Waals surface area contributed by atoms with Crippen molar-refractivity contribution in [3.05, 3.63) is 47.7 Å². The molecule has 0 spiro atoms. The quantitative estimate of drug-likeness (QED) is 0.778. The first-order chi connectivity index (χ1) is 9.34. The number of benzene rings is 1. The van der Waals surface area contributed by atoms with Crippen molar-refractivity contribution in [2.24, 2.45) is 0 Å². The molecule has 2 aromatic rings. The van der Waals surface area contributed by atoms with Gasteiger partial charge in [0.1, 0.15) is 5.56 Å². The maximum atomic E-state index is 13.6. The van der Waals surface area contributed by atoms with Gasteiger partial charge in [-0.05, 0) is 12.1 Å². The maximum Gasteiger partial charge on any atom is 0.421 e. The second-order valence-corrected chi connectivity index (χ2v) is 3.88. The predicted octanol–water partition coefficient (Wildman–Crippen LogP) is 4.05. The van der Waals surface area contributed by atoms with E-state index in [0.717, 1.165) is 19.4 Å². The van der Waals surface area contributed by atoms with E-state index < -0.39 is 29.3 Å². The third-order valence-electron chi connectivity index (χ3n) is 2.61. The molecule has 7 heteroatoms. The van der Waals surface area contributed by atoms with Crippen molar-refractivity contribution in [3.8, 4) is 17.0 Å². The zero-order chi connectivity index (χ0) is 14.9. The van der Waals surface area contributed by atoms with Crippen LogP contribution in [0.5, 0.6) is 5.88 Å². The van der Waals surface area contributed by atoms with E-state index in [2.05, 4.69) is 9.72 Å². The molecule has 20 heavy (non-hydrogen) atoms. The smallest absolute Gasteiger partial charge is 0.421 e. The summed E-state index contributed by atoms with van der Waals surface area (Å²) in [5.41, 5.74) is -1.64. The van der Waals surface area contributed by atoms with Crippen LogP contribution in [0.2, 0.25) is 0 Å². The molecule has 2 nitrogen and oxygen atoms in total. The average Bonchev–Trinajstić information content (AvgIpc) is 2.40. The molecule has 106 valence electrons. The van der Waals surface area contributed by atoms with Crippen LogP contribution < -0.4 is 4.74 Å². The van der Waals surface area contributed by atoms with E-state index in [1.807, 2.05) is 0 Å². The van der Waals surface area contributed by atoms with E-state index in [9.17, 15) is 22.0 Å². The van der Waals surface area contributed by atoms with Gasteiger partial charge in [0.05, 0.1) is 7.11 Å². The molecule has 0 amide bonds. The van der Waals surface area contributed by atoms with Crippen molar-refractivity contribution in [1.29, 1.82) is 0 Å². The standard InChI is InChI=1S/C13H8F5NO/c1-20-12-9(13(16,17)18)5-7(6-19-12)8-3-2-4-10(14)11(8)15/h2-6H,1H3. The van der Waals surface area contributed by atoms with Gasteiger partial charge in [0, 0.05) is 17.3 Å². The number of methoxy groups -OCH3 is 1. The lowest BCUT2D eigenvalue weighted by Crippen LogP contribution is -2.09. The number of hydrogen-bond donors (Lipinski definition) is 0. The Hall–Kier alpha value is -2.18. The van der Waals surface area contributed by atoms with Crippen molar-refractivity contribution in [3.63, 3.8) is 0 Å². The molecular weight excluding hydrogens is 281 g/mol. The summed E-state index contributed by atoms with van der Waals surface area (Å²) in [5.74, 6) is -3.00. The van der Waals surface area contributed by atoms with Gasteiger partial charge < -0.3 is 4.74 Å². The summed E-state index contributed by atoms with van der Waals surface area (Å²) in [7, 11) is 1.04. The Morgan fingerprint density at radius 3 is 2.45 bits per heavy atom. The van der Waals surface area contributed by atoms with Gasteiger partial charge in [0.15, 0.2) is 11.6 Å². The summed E-state index contributed by atoms with van der Waals surface area (Å²) in [6.07, 6.45) is -3.72. The Morgan fingerprint density at radius 1 is 1.15 bits per heavy atom. The van der Waals surface area contributed by atoms with Crippen LogP contribution in [0.4, 0.5) is 22.0 Å². The van der Waals surface area contributed by atoms with Gasteiger partial charge in [-0.1, -0.05) is 12.1 Å². The first-order valence-corrected chi connectivity index (χ1v) is 5.40. The van der Waals surface area contributed by atoms with Gasteiger partial charge in [0.2, 0.25) is 5.88 Å². The lowest BCUT2D eigenvalue weighted by molar-refractivity contribution is -0.139. The van der Waals surface area contributed by atoms with Gasteiger partial charge in [-0.3, -0.25) is 0 Å². The lowest BCUT2D eigenvalue weighted by atomic mass is 10.0. The molecule has 0 saturated carbocycles. The Morgan fingerprint density at radius 2 is 1.85 bits per heavy atom. The summed E-state index contributed by atoms with van der Waals surface area (Å²) in [6, 6.07) is 3.91. The Balaban J connectivity index is 2.62. The first-order valence-electron chi connectivity index (χ1n) is 5.40. The van der Waals surface area contributed by atoms with E-state index in [4.69, 9.17) is 0 Å². The number of pyridine rings is 1. The fourth-order valence-electron chi connectivity index (χ4n) is 1.69. The normalized spacial score (nSPS) is 11.5. The summed E-state index contributed by atoms with van der Waals surface area (Å²) < 4.78 is 69.7. The van der Waals surface area contributed by atoms with Crippen molar-refractivity contribution in [2.45, 2.75) is 6.18 Å². The molecule has 1 aromatic carbocycles. The number of alkyl halides is 3. The van der Waals surface area contributed by atoms with Crippen molar-refractivity contribution >= 4 is 0 Å².